The SMILES string of the molecule is CC(C)(C)OC(=O)/N=C1\N[C@](C)(c2cccc(-c3cccc(Cl)c3)c2Cl)CC(=O)N1[C@@H]1CCC(F)(F)[C@H](O)C1. The van der Waals surface area contributed by atoms with E-state index in [0.29, 0.717) is 21.2 Å². The third-order valence-electron chi connectivity index (χ3n) is 6.87. The number of carbonyl (C=O) groups is 2. The summed E-state index contributed by atoms with van der Waals surface area (Å²) in [6.45, 7) is 6.77. The highest BCUT2D eigenvalue weighted by Gasteiger charge is 2.50. The second-order valence-electron chi connectivity index (χ2n) is 11.2. The maximum atomic E-state index is 14.0. The van der Waals surface area contributed by atoms with Gasteiger partial charge >= 0.3 is 6.09 Å². The molecule has 2 fully saturated rings. The van der Waals surface area contributed by atoms with Crippen LogP contribution >= 0.6 is 23.2 Å². The van der Waals surface area contributed by atoms with Crippen LogP contribution in [0.4, 0.5) is 13.6 Å². The molecule has 2 aromatic carbocycles. The number of amides is 2. The summed E-state index contributed by atoms with van der Waals surface area (Å²) in [4.78, 5) is 31.6. The summed E-state index contributed by atoms with van der Waals surface area (Å²) in [7, 11) is 0. The summed E-state index contributed by atoms with van der Waals surface area (Å²) in [6, 6.07) is 11.8. The van der Waals surface area contributed by atoms with Crippen LogP contribution < -0.4 is 5.32 Å². The lowest BCUT2D eigenvalue weighted by Gasteiger charge is -2.46. The molecule has 1 heterocycles. The maximum Gasteiger partial charge on any atom is 0.437 e. The van der Waals surface area contributed by atoms with Crippen LogP contribution in [0.2, 0.25) is 10.0 Å². The minimum absolute atomic E-state index is 0.0768. The lowest BCUT2D eigenvalue weighted by molar-refractivity contribution is -0.151. The number of nitrogens with one attached hydrogen (secondary N) is 1. The number of benzene rings is 2. The molecule has 1 aliphatic heterocycles. The van der Waals surface area contributed by atoms with E-state index in [2.05, 4.69) is 10.3 Å². The van der Waals surface area contributed by atoms with Crippen molar-refractivity contribution in [1.29, 1.82) is 0 Å². The molecule has 0 bridgehead atoms. The molecule has 0 radical (unpaired) electrons. The first-order valence-corrected chi connectivity index (χ1v) is 13.4. The fourth-order valence-corrected chi connectivity index (χ4v) is 5.63. The van der Waals surface area contributed by atoms with Gasteiger partial charge in [0, 0.05) is 29.5 Å². The van der Waals surface area contributed by atoms with E-state index in [1.165, 1.54) is 4.90 Å². The van der Waals surface area contributed by atoms with Crippen molar-refractivity contribution in [2.24, 2.45) is 4.99 Å². The lowest BCUT2D eigenvalue weighted by atomic mass is 9.83. The average molecular weight is 582 g/mol. The zero-order valence-electron chi connectivity index (χ0n) is 22.1. The number of alkyl halides is 2. The van der Waals surface area contributed by atoms with Gasteiger partial charge in [-0.25, -0.2) is 13.6 Å². The number of aliphatic imine (C=N–C) groups is 1. The van der Waals surface area contributed by atoms with E-state index in [9.17, 15) is 23.5 Å². The molecule has 39 heavy (non-hydrogen) atoms. The van der Waals surface area contributed by atoms with Gasteiger partial charge in [-0.3, -0.25) is 9.69 Å². The molecule has 2 amide bonds. The van der Waals surface area contributed by atoms with Crippen molar-refractivity contribution in [2.45, 2.75) is 82.6 Å². The maximum absolute atomic E-state index is 14.0. The van der Waals surface area contributed by atoms with Crippen LogP contribution in [0.5, 0.6) is 0 Å². The highest BCUT2D eigenvalue weighted by Crippen LogP contribution is 2.42. The zero-order chi connectivity index (χ0) is 28.8. The first-order valence-electron chi connectivity index (χ1n) is 12.6. The van der Waals surface area contributed by atoms with Gasteiger partial charge in [-0.15, -0.1) is 4.99 Å². The molecule has 210 valence electrons. The van der Waals surface area contributed by atoms with E-state index in [1.807, 2.05) is 12.1 Å². The number of hydrogen-bond donors (Lipinski definition) is 2. The Labute approximate surface area is 236 Å². The van der Waals surface area contributed by atoms with Gasteiger partial charge in [-0.05, 0) is 57.4 Å². The fraction of sp³-hybridized carbons (Fsp3) is 0.464. The molecule has 2 aliphatic rings. The number of carbonyl (C=O) groups excluding carboxylic acids is 2. The largest absolute Gasteiger partial charge is 0.442 e. The van der Waals surface area contributed by atoms with Crippen molar-refractivity contribution in [3.05, 3.63) is 58.1 Å². The highest BCUT2D eigenvalue weighted by molar-refractivity contribution is 6.34. The topological polar surface area (TPSA) is 91.2 Å². The number of nitrogens with zero attached hydrogens (tertiary/aromatic N) is 2. The molecule has 1 aliphatic carbocycles. The van der Waals surface area contributed by atoms with Gasteiger partial charge in [0.05, 0.1) is 17.0 Å². The second kappa shape index (κ2) is 10.7. The first kappa shape index (κ1) is 29.2. The van der Waals surface area contributed by atoms with E-state index in [4.69, 9.17) is 27.9 Å². The van der Waals surface area contributed by atoms with E-state index >= 15 is 0 Å². The Kier molecular flexibility index (Phi) is 8.00. The van der Waals surface area contributed by atoms with Crippen LogP contribution in [0.3, 0.4) is 0 Å². The van der Waals surface area contributed by atoms with Crippen LogP contribution in [0.1, 0.15) is 58.9 Å². The van der Waals surface area contributed by atoms with Crippen molar-refractivity contribution in [3.8, 4) is 11.1 Å². The van der Waals surface area contributed by atoms with Gasteiger partial charge in [0.1, 0.15) is 11.7 Å². The van der Waals surface area contributed by atoms with Crippen LogP contribution in [-0.4, -0.2) is 51.6 Å². The van der Waals surface area contributed by atoms with E-state index < -0.39 is 47.6 Å². The van der Waals surface area contributed by atoms with E-state index in [0.717, 1.165) is 5.56 Å². The Morgan fingerprint density at radius 1 is 1.21 bits per heavy atom. The minimum Gasteiger partial charge on any atom is -0.442 e. The second-order valence-corrected chi connectivity index (χ2v) is 12.0. The lowest BCUT2D eigenvalue weighted by Crippen LogP contribution is -2.64. The Morgan fingerprint density at radius 2 is 1.90 bits per heavy atom. The summed E-state index contributed by atoms with van der Waals surface area (Å²) < 4.78 is 33.4. The Hall–Kier alpha value is -2.75. The summed E-state index contributed by atoms with van der Waals surface area (Å²) in [6.07, 6.45) is -4.03. The number of aliphatic hydroxyl groups excluding tert-OH is 1. The predicted octanol–water partition coefficient (Wildman–Crippen LogP) is 6.54. The molecule has 0 spiro atoms. The normalized spacial score (nSPS) is 26.3. The van der Waals surface area contributed by atoms with Crippen LogP contribution in [0.15, 0.2) is 47.5 Å². The van der Waals surface area contributed by atoms with Crippen LogP contribution in [-0.2, 0) is 15.1 Å². The van der Waals surface area contributed by atoms with E-state index in [1.54, 1.807) is 58.0 Å². The summed E-state index contributed by atoms with van der Waals surface area (Å²) in [5.74, 6) is -3.85. The Balaban J connectivity index is 1.74. The van der Waals surface area contributed by atoms with Crippen molar-refractivity contribution in [2.75, 3.05) is 0 Å². The number of aliphatic hydroxyl groups is 1. The molecule has 11 heteroatoms. The smallest absolute Gasteiger partial charge is 0.437 e. The molecule has 3 atom stereocenters. The van der Waals surface area contributed by atoms with E-state index in [-0.39, 0.29) is 25.2 Å². The number of guanidine groups is 1. The molecule has 1 saturated heterocycles. The zero-order valence-corrected chi connectivity index (χ0v) is 23.6. The highest BCUT2D eigenvalue weighted by atomic mass is 35.5. The Bertz CT molecular complexity index is 1310. The van der Waals surface area contributed by atoms with Gasteiger partial charge in [-0.1, -0.05) is 53.5 Å². The molecule has 0 unspecified atom stereocenters. The molecule has 4 rings (SSSR count). The van der Waals surface area contributed by atoms with Gasteiger partial charge in [-0.2, -0.15) is 0 Å². The monoisotopic (exact) mass is 581 g/mol. The molecular formula is C28H31Cl2F2N3O4. The van der Waals surface area contributed by atoms with Gasteiger partial charge in [0.2, 0.25) is 11.9 Å². The molecule has 1 saturated carbocycles. The first-order chi connectivity index (χ1) is 18.1. The molecule has 0 aromatic heterocycles. The molecular weight excluding hydrogens is 551 g/mol. The number of hydrogen-bond acceptors (Lipinski definition) is 4. The van der Waals surface area contributed by atoms with Crippen molar-refractivity contribution in [1.82, 2.24) is 10.2 Å². The van der Waals surface area contributed by atoms with Crippen molar-refractivity contribution < 1.29 is 28.2 Å². The standard InChI is InChI=1S/C28H31Cl2F2N3O4/c1-26(2,3)39-25(38)33-24-34-27(4,15-22(37)35(24)18-11-12-28(31,32)21(36)14-18)20-10-6-9-19(23(20)30)16-7-5-8-17(29)13-16/h5-10,13,18,21,36H,11-12,14-15H2,1-4H3,(H,33,34,38)/t18-,21-,27+/m1/s1. The summed E-state index contributed by atoms with van der Waals surface area (Å²) in [5.41, 5.74) is 0.0734. The summed E-state index contributed by atoms with van der Waals surface area (Å²) >= 11 is 13.1. The van der Waals surface area contributed by atoms with Crippen LogP contribution in [0, 0.1) is 0 Å². The van der Waals surface area contributed by atoms with Gasteiger partial charge in [0.25, 0.3) is 5.92 Å². The van der Waals surface area contributed by atoms with Gasteiger partial charge < -0.3 is 15.2 Å². The van der Waals surface area contributed by atoms with Crippen molar-refractivity contribution >= 4 is 41.2 Å². The Morgan fingerprint density at radius 3 is 2.54 bits per heavy atom. The molecule has 2 aromatic rings. The third kappa shape index (κ3) is 6.36. The number of ether oxygens (including phenoxy) is 1. The predicted molar refractivity (Wildman–Crippen MR) is 146 cm³/mol. The minimum atomic E-state index is -3.26. The summed E-state index contributed by atoms with van der Waals surface area (Å²) in [5, 5.41) is 14.1. The number of halogens is 4. The third-order valence-corrected chi connectivity index (χ3v) is 7.51. The van der Waals surface area contributed by atoms with Crippen molar-refractivity contribution in [3.63, 3.8) is 0 Å². The average Bonchev–Trinajstić information content (AvgIpc) is 2.80. The molecule has 7 nitrogen and oxygen atoms in total. The number of rotatable bonds is 3. The fourth-order valence-electron chi connectivity index (χ4n) is 4.99. The quantitative estimate of drug-likeness (QED) is 0.429. The van der Waals surface area contributed by atoms with Crippen LogP contribution in [0.25, 0.3) is 11.1 Å². The molecule has 2 N–H and O–H groups in total. The van der Waals surface area contributed by atoms with Gasteiger partial charge in [0.15, 0.2) is 0 Å².